The molecule has 1 aromatic heterocycles. The number of aromatic nitrogens is 2. The zero-order chi connectivity index (χ0) is 18.9. The van der Waals surface area contributed by atoms with Crippen molar-refractivity contribution in [3.05, 3.63) is 11.8 Å². The van der Waals surface area contributed by atoms with Gasteiger partial charge in [0.1, 0.15) is 11.4 Å². The number of fused-ring (bicyclic) bond motifs is 2. The molecule has 7 nitrogen and oxygen atoms in total. The van der Waals surface area contributed by atoms with Gasteiger partial charge in [-0.2, -0.15) is 13.2 Å². The molecule has 144 valence electrons. The average molecular weight is 392 g/mol. The van der Waals surface area contributed by atoms with Crippen LogP contribution in [0.4, 0.5) is 19.0 Å². The number of anilines is 1. The Morgan fingerprint density at radius 2 is 2.19 bits per heavy atom. The first kappa shape index (κ1) is 19.0. The summed E-state index contributed by atoms with van der Waals surface area (Å²) in [6.45, 7) is 1.58. The SMILES string of the molecule is CS(=O)c1ncc(C(F)(F)F)c(NCCCN2C(=O)C3COCC2C3)n1. The van der Waals surface area contributed by atoms with Crippen LogP contribution in [0.25, 0.3) is 0 Å². The summed E-state index contributed by atoms with van der Waals surface area (Å²) in [6, 6.07) is 0.0557. The first-order valence-electron chi connectivity index (χ1n) is 8.17. The predicted molar refractivity (Wildman–Crippen MR) is 86.9 cm³/mol. The van der Waals surface area contributed by atoms with E-state index >= 15 is 0 Å². The zero-order valence-corrected chi connectivity index (χ0v) is 14.9. The molecule has 3 heterocycles. The lowest BCUT2D eigenvalue weighted by molar-refractivity contribution is -0.137. The summed E-state index contributed by atoms with van der Waals surface area (Å²) < 4.78 is 56.0. The first-order chi connectivity index (χ1) is 12.3. The minimum absolute atomic E-state index is 0.0502. The topological polar surface area (TPSA) is 84.4 Å². The standard InChI is InChI=1S/C15H19F3N4O3S/c1-26(24)14-20-6-11(15(16,17)18)12(21-14)19-3-2-4-22-10-5-9(13(22)23)7-25-8-10/h6,9-10H,2-5,7-8H2,1H3,(H,19,20,21). The lowest BCUT2D eigenvalue weighted by Gasteiger charge is -2.24. The summed E-state index contributed by atoms with van der Waals surface area (Å²) in [4.78, 5) is 21.2. The van der Waals surface area contributed by atoms with Crippen molar-refractivity contribution in [3.8, 4) is 0 Å². The van der Waals surface area contributed by atoms with Gasteiger partial charge in [0.25, 0.3) is 0 Å². The number of carbonyl (C=O) groups is 1. The van der Waals surface area contributed by atoms with E-state index in [4.69, 9.17) is 4.74 Å². The van der Waals surface area contributed by atoms with Gasteiger partial charge in [-0.05, 0) is 12.8 Å². The van der Waals surface area contributed by atoms with Gasteiger partial charge in [-0.1, -0.05) is 0 Å². The van der Waals surface area contributed by atoms with E-state index in [0.717, 1.165) is 6.42 Å². The van der Waals surface area contributed by atoms with Crippen molar-refractivity contribution in [3.63, 3.8) is 0 Å². The molecule has 0 radical (unpaired) electrons. The summed E-state index contributed by atoms with van der Waals surface area (Å²) >= 11 is 0. The number of carbonyl (C=O) groups excluding carboxylic acids is 1. The van der Waals surface area contributed by atoms with Gasteiger partial charge in [-0.25, -0.2) is 9.97 Å². The number of rotatable bonds is 6. The molecule has 0 aliphatic carbocycles. The molecule has 3 rings (SSSR count). The van der Waals surface area contributed by atoms with Crippen LogP contribution in [0.5, 0.6) is 0 Å². The van der Waals surface area contributed by atoms with Crippen LogP contribution in [0.1, 0.15) is 18.4 Å². The number of hydrogen-bond acceptors (Lipinski definition) is 6. The first-order valence-corrected chi connectivity index (χ1v) is 9.73. The Labute approximate surface area is 150 Å². The van der Waals surface area contributed by atoms with E-state index in [0.29, 0.717) is 32.4 Å². The molecular weight excluding hydrogens is 373 g/mol. The van der Waals surface area contributed by atoms with E-state index < -0.39 is 28.4 Å². The van der Waals surface area contributed by atoms with Gasteiger partial charge in [-0.15, -0.1) is 0 Å². The molecule has 2 bridgehead atoms. The highest BCUT2D eigenvalue weighted by atomic mass is 32.2. The van der Waals surface area contributed by atoms with E-state index in [1.165, 1.54) is 6.26 Å². The Kier molecular flexibility index (Phi) is 5.47. The summed E-state index contributed by atoms with van der Waals surface area (Å²) in [7, 11) is -1.59. The molecule has 1 aromatic rings. The van der Waals surface area contributed by atoms with Crippen LogP contribution in [0.2, 0.25) is 0 Å². The second kappa shape index (κ2) is 7.47. The van der Waals surface area contributed by atoms with Crippen LogP contribution in [0.15, 0.2) is 11.4 Å². The third-order valence-corrected chi connectivity index (χ3v) is 5.17. The number of nitrogens with zero attached hydrogens (tertiary/aromatic N) is 3. The normalized spacial score (nSPS) is 24.0. The monoisotopic (exact) mass is 392 g/mol. The predicted octanol–water partition coefficient (Wildman–Crippen LogP) is 1.28. The highest BCUT2D eigenvalue weighted by Gasteiger charge is 2.42. The van der Waals surface area contributed by atoms with Gasteiger partial charge < -0.3 is 15.0 Å². The minimum atomic E-state index is -4.62. The molecule has 2 aliphatic rings. The fourth-order valence-electron chi connectivity index (χ4n) is 3.21. The molecule has 3 atom stereocenters. The molecule has 2 saturated heterocycles. The second-order valence-electron chi connectivity index (χ2n) is 6.30. The quantitative estimate of drug-likeness (QED) is 0.580. The minimum Gasteiger partial charge on any atom is -0.378 e. The number of nitrogens with one attached hydrogen (secondary N) is 1. The third-order valence-electron chi connectivity index (χ3n) is 4.46. The van der Waals surface area contributed by atoms with E-state index in [2.05, 4.69) is 15.3 Å². The Hall–Kier alpha value is -1.75. The van der Waals surface area contributed by atoms with Gasteiger partial charge >= 0.3 is 6.18 Å². The van der Waals surface area contributed by atoms with Gasteiger partial charge in [-0.3, -0.25) is 9.00 Å². The highest BCUT2D eigenvalue weighted by molar-refractivity contribution is 7.84. The number of ether oxygens (including phenoxy) is 1. The molecule has 0 aromatic carbocycles. The molecule has 11 heteroatoms. The van der Waals surface area contributed by atoms with Crippen LogP contribution >= 0.6 is 0 Å². The maximum absolute atomic E-state index is 13.1. The summed E-state index contributed by atoms with van der Waals surface area (Å²) in [5, 5.41) is 2.47. The van der Waals surface area contributed by atoms with Crippen LogP contribution < -0.4 is 5.32 Å². The van der Waals surface area contributed by atoms with Gasteiger partial charge in [0.15, 0.2) is 0 Å². The highest BCUT2D eigenvalue weighted by Crippen LogP contribution is 2.33. The van der Waals surface area contributed by atoms with E-state index in [9.17, 15) is 22.2 Å². The van der Waals surface area contributed by atoms with E-state index in [-0.39, 0.29) is 29.6 Å². The number of halogens is 3. The van der Waals surface area contributed by atoms with Crippen molar-refractivity contribution >= 4 is 22.5 Å². The maximum atomic E-state index is 13.1. The van der Waals surface area contributed by atoms with Crippen LogP contribution in [0, 0.1) is 5.92 Å². The van der Waals surface area contributed by atoms with Crippen molar-refractivity contribution in [2.75, 3.05) is 37.9 Å². The van der Waals surface area contributed by atoms with Crippen LogP contribution in [-0.2, 0) is 26.5 Å². The fraction of sp³-hybridized carbons (Fsp3) is 0.667. The summed E-state index contributed by atoms with van der Waals surface area (Å²) in [5.41, 5.74) is -1.01. The van der Waals surface area contributed by atoms with Crippen molar-refractivity contribution in [2.24, 2.45) is 5.92 Å². The fourth-order valence-corrected chi connectivity index (χ4v) is 3.63. The molecule has 1 amide bonds. The van der Waals surface area contributed by atoms with Crippen LogP contribution in [-0.4, -0.2) is 63.6 Å². The van der Waals surface area contributed by atoms with Gasteiger partial charge in [0.2, 0.25) is 11.1 Å². The largest absolute Gasteiger partial charge is 0.421 e. The molecule has 2 fully saturated rings. The molecule has 2 aliphatic heterocycles. The summed E-state index contributed by atoms with van der Waals surface area (Å²) in [6.07, 6.45) is -1.44. The van der Waals surface area contributed by atoms with Crippen LogP contribution in [0.3, 0.4) is 0 Å². The number of likely N-dealkylation sites (tertiary alicyclic amines) is 1. The lowest BCUT2D eigenvalue weighted by atomic mass is 10.0. The van der Waals surface area contributed by atoms with Crippen molar-refractivity contribution < 1.29 is 26.9 Å². The lowest BCUT2D eigenvalue weighted by Crippen LogP contribution is -2.36. The summed E-state index contributed by atoms with van der Waals surface area (Å²) in [5.74, 6) is -0.441. The average Bonchev–Trinajstić information content (AvgIpc) is 2.80. The molecule has 1 N–H and O–H groups in total. The Morgan fingerprint density at radius 3 is 2.85 bits per heavy atom. The van der Waals surface area contributed by atoms with E-state index in [1.807, 2.05) is 0 Å². The van der Waals surface area contributed by atoms with Gasteiger partial charge in [0.05, 0.1) is 36.0 Å². The number of alkyl halides is 3. The third kappa shape index (κ3) is 3.98. The molecule has 3 unspecified atom stereocenters. The number of amides is 1. The Balaban J connectivity index is 1.61. The Bertz CT molecular complexity index is 716. The Morgan fingerprint density at radius 1 is 1.42 bits per heavy atom. The molecular formula is C15H19F3N4O3S. The van der Waals surface area contributed by atoms with Crippen molar-refractivity contribution in [1.29, 1.82) is 0 Å². The molecule has 0 saturated carbocycles. The maximum Gasteiger partial charge on any atom is 0.421 e. The van der Waals surface area contributed by atoms with E-state index in [1.54, 1.807) is 4.90 Å². The number of hydrogen-bond donors (Lipinski definition) is 1. The molecule has 26 heavy (non-hydrogen) atoms. The smallest absolute Gasteiger partial charge is 0.378 e. The van der Waals surface area contributed by atoms with Crippen molar-refractivity contribution in [1.82, 2.24) is 14.9 Å². The zero-order valence-electron chi connectivity index (χ0n) is 14.1. The second-order valence-corrected chi connectivity index (χ2v) is 7.58. The van der Waals surface area contributed by atoms with Gasteiger partial charge in [0, 0.05) is 25.5 Å². The molecule has 0 spiro atoms. The van der Waals surface area contributed by atoms with Crippen molar-refractivity contribution in [2.45, 2.75) is 30.2 Å².